The van der Waals surface area contributed by atoms with Gasteiger partial charge in [-0.2, -0.15) is 0 Å². The quantitative estimate of drug-likeness (QED) is 0.0831. The number of nitrogens with zero attached hydrogens (tertiary/aromatic N) is 5. The zero-order valence-corrected chi connectivity index (χ0v) is 44.0. The maximum absolute atomic E-state index is 14.3. The van der Waals surface area contributed by atoms with E-state index in [1.54, 1.807) is 36.4 Å². The number of ketones is 2. The number of Topliss-reactive ketones (excluding diaryl/α,β-unsaturated/α-hetero) is 2. The van der Waals surface area contributed by atoms with E-state index in [2.05, 4.69) is 30.6 Å². The number of hydrogen-bond acceptors (Lipinski definition) is 15. The molecule has 7 heterocycles. The minimum absolute atomic E-state index is 0.000248. The van der Waals surface area contributed by atoms with Gasteiger partial charge in [0.05, 0.1) is 68.5 Å². The van der Waals surface area contributed by atoms with Crippen molar-refractivity contribution in [2.45, 2.75) is 131 Å². The molecule has 0 spiro atoms. The first-order valence-corrected chi connectivity index (χ1v) is 29.8. The molecule has 5 aromatic rings. The van der Waals surface area contributed by atoms with Gasteiger partial charge < -0.3 is 24.8 Å². The van der Waals surface area contributed by atoms with Crippen LogP contribution in [0.1, 0.15) is 129 Å². The summed E-state index contributed by atoms with van der Waals surface area (Å²) in [5, 5.41) is 6.28. The molecule has 22 heteroatoms. The van der Waals surface area contributed by atoms with Crippen LogP contribution in [0, 0.1) is 11.8 Å². The average Bonchev–Trinajstić information content (AvgIpc) is 4.34. The van der Waals surface area contributed by atoms with E-state index in [4.69, 9.17) is 14.2 Å². The van der Waals surface area contributed by atoms with Crippen LogP contribution >= 0.6 is 0 Å². The number of pyridine rings is 2. The van der Waals surface area contributed by atoms with E-state index in [9.17, 15) is 44.0 Å². The SMILES string of the molecule is CS(=O)(=O)c1cc(C2CCCOC2)ccc1Nc1cc(CC(=O)C2CC2)nc2c1N=C(C(F)F)C2.CS(=O)(=O)c1cc(C2CCCOC2)ccc1Nc1cc(CC(=O)C2CC2)nc2c1nc(C(F)F)n2C1CCCCO1. The molecular formula is C54H61F4N7O9S2. The summed E-state index contributed by atoms with van der Waals surface area (Å²) in [7, 11) is -7.29. The summed E-state index contributed by atoms with van der Waals surface area (Å²) in [4.78, 5) is 42.8. The van der Waals surface area contributed by atoms with Gasteiger partial charge >= 0.3 is 0 Å². The first kappa shape index (κ1) is 53.7. The third-order valence-corrected chi connectivity index (χ3v) is 17.0. The predicted octanol–water partition coefficient (Wildman–Crippen LogP) is 10.2. The molecule has 0 amide bonds. The van der Waals surface area contributed by atoms with Crippen molar-refractivity contribution in [3.8, 4) is 0 Å². The maximum Gasteiger partial charge on any atom is 0.295 e. The highest BCUT2D eigenvalue weighted by Crippen LogP contribution is 2.42. The van der Waals surface area contributed by atoms with E-state index in [1.165, 1.54) is 4.57 Å². The predicted molar refractivity (Wildman–Crippen MR) is 276 cm³/mol. The number of rotatable bonds is 17. The molecule has 16 nitrogen and oxygen atoms in total. The van der Waals surface area contributed by atoms with Crippen LogP contribution in [0.15, 0.2) is 63.3 Å². The molecule has 2 N–H and O–H groups in total. The second kappa shape index (κ2) is 22.4. The fourth-order valence-electron chi connectivity index (χ4n) is 10.4. The monoisotopic (exact) mass is 1090 g/mol. The number of benzene rings is 2. The van der Waals surface area contributed by atoms with Crippen molar-refractivity contribution in [1.82, 2.24) is 19.5 Å². The number of alkyl halides is 4. The fraction of sp³-hybridized carbons (Fsp3) is 0.519. The Morgan fingerprint density at radius 3 is 1.68 bits per heavy atom. The zero-order valence-electron chi connectivity index (χ0n) is 42.3. The molecule has 3 saturated heterocycles. The summed E-state index contributed by atoms with van der Waals surface area (Å²) in [6.45, 7) is 2.90. The number of imidazole rings is 1. The number of halogens is 4. The van der Waals surface area contributed by atoms with Crippen molar-refractivity contribution in [2.75, 3.05) is 56.2 Å². The van der Waals surface area contributed by atoms with Gasteiger partial charge in [-0.3, -0.25) is 19.1 Å². The van der Waals surface area contributed by atoms with Crippen LogP contribution in [0.2, 0.25) is 0 Å². The van der Waals surface area contributed by atoms with Gasteiger partial charge in [0.15, 0.2) is 31.1 Å². The number of hydrogen-bond donors (Lipinski definition) is 2. The van der Waals surface area contributed by atoms with Crippen LogP contribution in [0.3, 0.4) is 0 Å². The summed E-state index contributed by atoms with van der Waals surface area (Å²) < 4.78 is 125. The highest BCUT2D eigenvalue weighted by atomic mass is 32.2. The molecule has 6 aliphatic rings. The van der Waals surface area contributed by atoms with Crippen molar-refractivity contribution in [2.24, 2.45) is 16.8 Å². The number of anilines is 4. The fourth-order valence-corrected chi connectivity index (χ4v) is 12.1. The Hall–Kier alpha value is -5.68. The van der Waals surface area contributed by atoms with Crippen molar-refractivity contribution >= 4 is 76.6 Å². The number of aliphatic imine (C=N–C) groups is 1. The van der Waals surface area contributed by atoms with Gasteiger partial charge in [0.1, 0.15) is 29.0 Å². The van der Waals surface area contributed by atoms with Crippen molar-refractivity contribution in [1.29, 1.82) is 0 Å². The minimum Gasteiger partial charge on any atom is -0.381 e. The Bertz CT molecular complexity index is 3290. The molecule has 4 aliphatic heterocycles. The van der Waals surface area contributed by atoms with E-state index in [1.807, 2.05) is 12.1 Å². The second-order valence-electron chi connectivity index (χ2n) is 20.8. The average molecular weight is 1090 g/mol. The van der Waals surface area contributed by atoms with Gasteiger partial charge in [0.25, 0.3) is 12.9 Å². The van der Waals surface area contributed by atoms with Crippen LogP contribution < -0.4 is 10.6 Å². The zero-order chi connectivity index (χ0) is 53.5. The molecule has 0 bridgehead atoms. The lowest BCUT2D eigenvalue weighted by Gasteiger charge is -2.25. The Morgan fingerprint density at radius 1 is 0.645 bits per heavy atom. The van der Waals surface area contributed by atoms with Crippen molar-refractivity contribution < 1.29 is 58.2 Å². The van der Waals surface area contributed by atoms with E-state index >= 15 is 0 Å². The summed E-state index contributed by atoms with van der Waals surface area (Å²) in [6.07, 6.45) is 5.28. The third kappa shape index (κ3) is 12.4. The molecule has 11 rings (SSSR count). The molecule has 406 valence electrons. The van der Waals surface area contributed by atoms with E-state index < -0.39 is 44.6 Å². The number of carbonyl (C=O) groups is 2. The van der Waals surface area contributed by atoms with Crippen LogP contribution in [0.5, 0.6) is 0 Å². The number of aromatic nitrogens is 4. The summed E-state index contributed by atoms with van der Waals surface area (Å²) in [5.41, 5.74) is 4.58. The van der Waals surface area contributed by atoms with Crippen molar-refractivity contribution in [3.05, 3.63) is 82.6 Å². The molecule has 2 aliphatic carbocycles. The number of nitrogens with one attached hydrogen (secondary N) is 2. The van der Waals surface area contributed by atoms with Gasteiger partial charge in [0, 0.05) is 75.3 Å². The Balaban J connectivity index is 0.000000175. The molecule has 2 saturated carbocycles. The van der Waals surface area contributed by atoms with Crippen molar-refractivity contribution in [3.63, 3.8) is 0 Å². The number of carbonyl (C=O) groups excluding carboxylic acids is 2. The van der Waals surface area contributed by atoms with Gasteiger partial charge in [-0.25, -0.2) is 49.4 Å². The van der Waals surface area contributed by atoms with E-state index in [-0.39, 0.29) is 86.9 Å². The van der Waals surface area contributed by atoms with Gasteiger partial charge in [-0.05, 0) is 118 Å². The van der Waals surface area contributed by atoms with Crippen LogP contribution in [-0.4, -0.2) is 106 Å². The van der Waals surface area contributed by atoms with Gasteiger partial charge in [-0.15, -0.1) is 0 Å². The lowest BCUT2D eigenvalue weighted by molar-refractivity contribution is -0.120. The van der Waals surface area contributed by atoms with Crippen LogP contribution in [0.25, 0.3) is 11.2 Å². The molecule has 2 aromatic carbocycles. The Morgan fingerprint density at radius 2 is 1.20 bits per heavy atom. The molecule has 3 atom stereocenters. The molecule has 76 heavy (non-hydrogen) atoms. The maximum atomic E-state index is 14.3. The summed E-state index contributed by atoms with van der Waals surface area (Å²) in [5.74, 6) is -0.0978. The number of sulfone groups is 2. The smallest absolute Gasteiger partial charge is 0.295 e. The van der Waals surface area contributed by atoms with Gasteiger partial charge in [-0.1, -0.05) is 12.1 Å². The van der Waals surface area contributed by atoms with E-state index in [0.717, 1.165) is 87.8 Å². The normalized spacial score (nSPS) is 21.0. The molecular weight excluding hydrogens is 1030 g/mol. The third-order valence-electron chi connectivity index (χ3n) is 14.7. The standard InChI is InChI=1S/C29H34F2N4O5S.C25H27F2N3O4S/c1-41(37,38)24-13-18(19-5-4-11-39-16-19)9-10-21(24)33-22-14-20(15-23(36)17-7-8-17)32-28-26(22)34-29(27(30)31)35(28)25-6-2-3-12-40-25;1-35(32,33)23-9-15(16-3-2-8-34-13-16)6-7-18(23)29-19-10-17(11-22(31)14-4-5-14)28-20-12-21(25(26)27)30-24(19)20/h9-10,13-14,17,19,25,27H,2-8,11-12,15-16H2,1H3,(H,32,33);6-7,9-10,14,16,25H,2-5,8,11-13H2,1H3,(H,28,29). The first-order chi connectivity index (χ1) is 36.4. The summed E-state index contributed by atoms with van der Waals surface area (Å²) in [6, 6.07) is 13.7. The Labute approximate surface area is 438 Å². The minimum atomic E-state index is -3.67. The van der Waals surface area contributed by atoms with Crippen LogP contribution in [-0.2, 0) is 62.7 Å². The molecule has 3 aromatic heterocycles. The van der Waals surface area contributed by atoms with E-state index in [0.29, 0.717) is 79.3 Å². The topological polar surface area (TPSA) is 210 Å². The Kier molecular flexibility index (Phi) is 15.8. The molecule has 3 unspecified atom stereocenters. The highest BCUT2D eigenvalue weighted by Gasteiger charge is 2.34. The number of fused-ring (bicyclic) bond motifs is 2. The second-order valence-corrected chi connectivity index (χ2v) is 24.8. The first-order valence-electron chi connectivity index (χ1n) is 26.0. The highest BCUT2D eigenvalue weighted by molar-refractivity contribution is 7.91. The largest absolute Gasteiger partial charge is 0.381 e. The number of ether oxygens (including phenoxy) is 3. The van der Waals surface area contributed by atoms with Crippen LogP contribution in [0.4, 0.5) is 46.0 Å². The molecule has 5 fully saturated rings. The van der Waals surface area contributed by atoms with Gasteiger partial charge in [0.2, 0.25) is 0 Å². The lowest BCUT2D eigenvalue weighted by atomic mass is 9.93. The summed E-state index contributed by atoms with van der Waals surface area (Å²) >= 11 is 0. The lowest BCUT2D eigenvalue weighted by Crippen LogP contribution is -2.21. The molecule has 0 radical (unpaired) electrons.